The van der Waals surface area contributed by atoms with E-state index in [0.29, 0.717) is 11.8 Å². The fourth-order valence-electron chi connectivity index (χ4n) is 1.90. The second-order valence-electron chi connectivity index (χ2n) is 5.18. The van der Waals surface area contributed by atoms with Gasteiger partial charge in [-0.3, -0.25) is 5.32 Å². The standard InChI is InChI=1S/C14H11F5N4O4S2/c1-6-5-8(27-2)21-12(20-6)22-13(24)23-29(25,26)11-7(3-4-28-11)9(15)10(16)14(17,18)19/h3-5H,1-2H3,(H2,20,21,22,23,24). The van der Waals surface area contributed by atoms with Crippen molar-refractivity contribution in [1.29, 1.82) is 0 Å². The minimum Gasteiger partial charge on any atom is -0.481 e. The molecule has 29 heavy (non-hydrogen) atoms. The van der Waals surface area contributed by atoms with Gasteiger partial charge in [-0.15, -0.1) is 11.3 Å². The molecule has 0 spiro atoms. The number of halogens is 5. The number of anilines is 1. The summed E-state index contributed by atoms with van der Waals surface area (Å²) in [7, 11) is -3.57. The number of amides is 2. The first-order chi connectivity index (χ1) is 13.3. The monoisotopic (exact) mass is 458 g/mol. The zero-order valence-electron chi connectivity index (χ0n) is 14.5. The maximum atomic E-state index is 13.8. The number of ether oxygens (including phenoxy) is 1. The van der Waals surface area contributed by atoms with Crippen LogP contribution in [0.5, 0.6) is 5.88 Å². The molecule has 0 saturated carbocycles. The fraction of sp³-hybridized carbons (Fsp3) is 0.214. The van der Waals surface area contributed by atoms with Gasteiger partial charge in [0.1, 0.15) is 0 Å². The Balaban J connectivity index is 2.28. The molecule has 0 atom stereocenters. The second kappa shape index (κ2) is 8.28. The van der Waals surface area contributed by atoms with Crippen molar-refractivity contribution < 1.29 is 39.9 Å². The van der Waals surface area contributed by atoms with Gasteiger partial charge >= 0.3 is 12.2 Å². The van der Waals surface area contributed by atoms with Crippen LogP contribution in [-0.2, 0) is 10.0 Å². The highest BCUT2D eigenvalue weighted by Crippen LogP contribution is 2.38. The number of methoxy groups -OCH3 is 1. The summed E-state index contributed by atoms with van der Waals surface area (Å²) in [6, 6.07) is 0.659. The van der Waals surface area contributed by atoms with Crippen LogP contribution in [0.2, 0.25) is 0 Å². The maximum Gasteiger partial charge on any atom is 0.445 e. The molecular weight excluding hydrogens is 447 g/mol. The number of sulfonamides is 1. The van der Waals surface area contributed by atoms with Crippen LogP contribution in [0.15, 0.2) is 27.5 Å². The minimum absolute atomic E-state index is 0.0611. The number of carbonyl (C=O) groups is 1. The van der Waals surface area contributed by atoms with Gasteiger partial charge in [-0.05, 0) is 18.4 Å². The second-order valence-corrected chi connectivity index (χ2v) is 7.98. The molecule has 2 amide bonds. The zero-order chi connectivity index (χ0) is 22.0. The van der Waals surface area contributed by atoms with Crippen LogP contribution in [-0.4, -0.2) is 37.7 Å². The number of alkyl halides is 3. The van der Waals surface area contributed by atoms with E-state index in [0.717, 1.165) is 5.38 Å². The Morgan fingerprint density at radius 3 is 2.48 bits per heavy atom. The summed E-state index contributed by atoms with van der Waals surface area (Å²) in [5.74, 6) is -5.80. The molecular formula is C14H11F5N4O4S2. The van der Waals surface area contributed by atoms with E-state index < -0.39 is 43.7 Å². The van der Waals surface area contributed by atoms with Gasteiger partial charge in [0.2, 0.25) is 17.7 Å². The molecule has 0 unspecified atom stereocenters. The predicted octanol–water partition coefficient (Wildman–Crippen LogP) is 3.54. The lowest BCUT2D eigenvalue weighted by Gasteiger charge is -2.10. The molecule has 15 heteroatoms. The van der Waals surface area contributed by atoms with E-state index in [4.69, 9.17) is 4.74 Å². The molecule has 0 aliphatic carbocycles. The highest BCUT2D eigenvalue weighted by atomic mass is 32.2. The molecule has 2 aromatic rings. The Bertz CT molecular complexity index is 1070. The Morgan fingerprint density at radius 2 is 1.90 bits per heavy atom. The summed E-state index contributed by atoms with van der Waals surface area (Å²) in [6.45, 7) is 1.53. The van der Waals surface area contributed by atoms with E-state index in [1.807, 2.05) is 5.32 Å². The molecule has 0 aliphatic rings. The van der Waals surface area contributed by atoms with Crippen LogP contribution >= 0.6 is 11.3 Å². The topological polar surface area (TPSA) is 110 Å². The van der Waals surface area contributed by atoms with E-state index in [1.54, 1.807) is 0 Å². The number of hydrogen-bond donors (Lipinski definition) is 2. The van der Waals surface area contributed by atoms with Crippen molar-refractivity contribution in [2.75, 3.05) is 12.4 Å². The number of allylic oxidation sites excluding steroid dienone is 1. The SMILES string of the molecule is COc1cc(C)nc(NC(=O)NS(=O)(=O)c2sccc2C(F)=C(F)C(F)(F)F)n1. The first kappa shape index (κ1) is 22.5. The van der Waals surface area contributed by atoms with E-state index in [9.17, 15) is 35.2 Å². The summed E-state index contributed by atoms with van der Waals surface area (Å²) >= 11 is 0.280. The van der Waals surface area contributed by atoms with Gasteiger partial charge in [-0.2, -0.15) is 22.5 Å². The largest absolute Gasteiger partial charge is 0.481 e. The average molecular weight is 458 g/mol. The lowest BCUT2D eigenvalue weighted by molar-refractivity contribution is -0.108. The van der Waals surface area contributed by atoms with Gasteiger partial charge in [-0.1, -0.05) is 0 Å². The molecule has 0 aromatic carbocycles. The molecule has 0 fully saturated rings. The smallest absolute Gasteiger partial charge is 0.445 e. The number of hydrogen-bond acceptors (Lipinski definition) is 7. The molecule has 0 bridgehead atoms. The number of nitrogens with zero attached hydrogens (tertiary/aromatic N) is 2. The molecule has 0 saturated heterocycles. The number of carbonyl (C=O) groups excluding carboxylic acids is 1. The normalized spacial score (nSPS) is 12.9. The summed E-state index contributed by atoms with van der Waals surface area (Å²) in [4.78, 5) is 19.5. The first-order valence-electron chi connectivity index (χ1n) is 7.29. The fourth-order valence-corrected chi connectivity index (χ4v) is 4.15. The Labute approximate surface area is 164 Å². The number of thiophene rings is 1. The van der Waals surface area contributed by atoms with Crippen molar-refractivity contribution in [2.24, 2.45) is 0 Å². The third kappa shape index (κ3) is 5.38. The van der Waals surface area contributed by atoms with Gasteiger partial charge in [-0.25, -0.2) is 27.3 Å². The van der Waals surface area contributed by atoms with Crippen molar-refractivity contribution in [1.82, 2.24) is 14.7 Å². The zero-order valence-corrected chi connectivity index (χ0v) is 16.1. The van der Waals surface area contributed by atoms with E-state index in [2.05, 4.69) is 9.97 Å². The van der Waals surface area contributed by atoms with Crippen LogP contribution in [0, 0.1) is 6.92 Å². The summed E-state index contributed by atoms with van der Waals surface area (Å²) in [6.07, 6.45) is -5.65. The summed E-state index contributed by atoms with van der Waals surface area (Å²) in [5.41, 5.74) is -0.816. The molecule has 2 rings (SSSR count). The van der Waals surface area contributed by atoms with Gasteiger partial charge in [0, 0.05) is 17.3 Å². The Hall–Kier alpha value is -2.81. The van der Waals surface area contributed by atoms with Crippen LogP contribution in [0.3, 0.4) is 0 Å². The number of aryl methyl sites for hydroxylation is 1. The quantitative estimate of drug-likeness (QED) is 0.664. The van der Waals surface area contributed by atoms with Crippen molar-refractivity contribution in [3.8, 4) is 5.88 Å². The minimum atomic E-state index is -5.65. The van der Waals surface area contributed by atoms with Crippen LogP contribution in [0.25, 0.3) is 5.83 Å². The van der Waals surface area contributed by atoms with Gasteiger partial charge < -0.3 is 4.74 Å². The first-order valence-corrected chi connectivity index (χ1v) is 9.65. The maximum absolute atomic E-state index is 13.8. The van der Waals surface area contributed by atoms with Crippen LogP contribution in [0.1, 0.15) is 11.3 Å². The summed E-state index contributed by atoms with van der Waals surface area (Å²) in [5, 5.41) is 2.90. The highest BCUT2D eigenvalue weighted by Gasteiger charge is 2.40. The number of rotatable bonds is 5. The van der Waals surface area contributed by atoms with Crippen molar-refractivity contribution >= 4 is 39.2 Å². The molecule has 2 heterocycles. The Kier molecular flexibility index (Phi) is 6.42. The van der Waals surface area contributed by atoms with E-state index >= 15 is 0 Å². The molecule has 2 N–H and O–H groups in total. The molecule has 0 aliphatic heterocycles. The lowest BCUT2D eigenvalue weighted by Crippen LogP contribution is -2.35. The molecule has 2 aromatic heterocycles. The molecule has 8 nitrogen and oxygen atoms in total. The predicted molar refractivity (Wildman–Crippen MR) is 92.2 cm³/mol. The molecule has 0 radical (unpaired) electrons. The van der Waals surface area contributed by atoms with Gasteiger partial charge in [0.15, 0.2) is 10.0 Å². The Morgan fingerprint density at radius 1 is 1.24 bits per heavy atom. The lowest BCUT2D eigenvalue weighted by atomic mass is 10.2. The number of nitrogens with one attached hydrogen (secondary N) is 2. The average Bonchev–Trinajstić information content (AvgIpc) is 3.09. The summed E-state index contributed by atoms with van der Waals surface area (Å²) < 4.78 is 93.8. The van der Waals surface area contributed by atoms with E-state index in [1.165, 1.54) is 24.8 Å². The van der Waals surface area contributed by atoms with Gasteiger partial charge in [0.05, 0.1) is 7.11 Å². The van der Waals surface area contributed by atoms with Gasteiger partial charge in [0.25, 0.3) is 10.0 Å². The highest BCUT2D eigenvalue weighted by molar-refractivity contribution is 7.92. The van der Waals surface area contributed by atoms with Crippen molar-refractivity contribution in [3.63, 3.8) is 0 Å². The van der Waals surface area contributed by atoms with Crippen LogP contribution in [0.4, 0.5) is 32.7 Å². The molecule has 158 valence electrons. The third-order valence-corrected chi connectivity index (χ3v) is 5.86. The number of urea groups is 1. The van der Waals surface area contributed by atoms with Crippen LogP contribution < -0.4 is 14.8 Å². The van der Waals surface area contributed by atoms with E-state index in [-0.39, 0.29) is 23.2 Å². The van der Waals surface area contributed by atoms with Crippen molar-refractivity contribution in [3.05, 3.63) is 34.6 Å². The van der Waals surface area contributed by atoms with Crippen molar-refractivity contribution in [2.45, 2.75) is 17.3 Å². The number of aromatic nitrogens is 2. The third-order valence-electron chi connectivity index (χ3n) is 3.04.